The standard InChI is InChI=1S/C28H27NO4/c1-17-9-10-18(2)28(27(17)32)33-26-8-6-5-7-25(26)29(23-13-11-21(30)15-19(23)3)24-14-12-22(31)16-20(24)4/h5-16,30-32H,1-4H3. The van der Waals surface area contributed by atoms with Crippen molar-refractivity contribution in [1.82, 2.24) is 0 Å². The summed E-state index contributed by atoms with van der Waals surface area (Å²) in [4.78, 5) is 2.03. The Balaban J connectivity index is 1.93. The average molecular weight is 442 g/mol. The number of para-hydroxylation sites is 2. The van der Waals surface area contributed by atoms with Crippen molar-refractivity contribution >= 4 is 17.1 Å². The van der Waals surface area contributed by atoms with Crippen LogP contribution in [-0.4, -0.2) is 15.3 Å². The normalized spacial score (nSPS) is 10.8. The van der Waals surface area contributed by atoms with Crippen molar-refractivity contribution in [3.63, 3.8) is 0 Å². The summed E-state index contributed by atoms with van der Waals surface area (Å²) >= 11 is 0. The summed E-state index contributed by atoms with van der Waals surface area (Å²) < 4.78 is 6.31. The van der Waals surface area contributed by atoms with Gasteiger partial charge >= 0.3 is 0 Å². The predicted octanol–water partition coefficient (Wildman–Crippen LogP) is 7.30. The van der Waals surface area contributed by atoms with Crippen molar-refractivity contribution < 1.29 is 20.1 Å². The maximum atomic E-state index is 10.7. The van der Waals surface area contributed by atoms with Gasteiger partial charge in [-0.05, 0) is 98.5 Å². The molecule has 0 spiro atoms. The minimum absolute atomic E-state index is 0.109. The molecule has 0 atom stereocenters. The maximum absolute atomic E-state index is 10.7. The molecular formula is C28H27NO4. The third-order valence-electron chi connectivity index (χ3n) is 5.69. The number of phenolic OH excluding ortho intramolecular Hbond substituents is 3. The number of aromatic hydroxyl groups is 3. The minimum atomic E-state index is 0.109. The summed E-state index contributed by atoms with van der Waals surface area (Å²) in [5, 5.41) is 30.6. The van der Waals surface area contributed by atoms with E-state index in [1.165, 1.54) is 0 Å². The molecule has 0 bridgehead atoms. The molecule has 0 amide bonds. The summed E-state index contributed by atoms with van der Waals surface area (Å²) in [7, 11) is 0. The van der Waals surface area contributed by atoms with Crippen molar-refractivity contribution in [2.75, 3.05) is 4.90 Å². The largest absolute Gasteiger partial charge is 0.508 e. The van der Waals surface area contributed by atoms with Crippen LogP contribution in [0.2, 0.25) is 0 Å². The smallest absolute Gasteiger partial charge is 0.172 e. The Morgan fingerprint density at radius 1 is 0.576 bits per heavy atom. The SMILES string of the molecule is Cc1cc(O)ccc1N(c1ccc(O)cc1C)c1ccccc1Oc1c(C)ccc(C)c1O. The van der Waals surface area contributed by atoms with E-state index in [-0.39, 0.29) is 17.2 Å². The van der Waals surface area contributed by atoms with Gasteiger partial charge in [0.05, 0.1) is 5.69 Å². The third kappa shape index (κ3) is 4.30. The topological polar surface area (TPSA) is 73.2 Å². The van der Waals surface area contributed by atoms with Crippen LogP contribution >= 0.6 is 0 Å². The van der Waals surface area contributed by atoms with Gasteiger partial charge in [0.1, 0.15) is 11.5 Å². The molecule has 0 aromatic heterocycles. The molecule has 0 radical (unpaired) electrons. The second-order valence-corrected chi connectivity index (χ2v) is 8.22. The summed E-state index contributed by atoms with van der Waals surface area (Å²) in [5.74, 6) is 1.44. The van der Waals surface area contributed by atoms with Crippen molar-refractivity contribution in [3.8, 4) is 28.7 Å². The molecule has 0 fully saturated rings. The number of ether oxygens (including phenoxy) is 1. The van der Waals surface area contributed by atoms with E-state index >= 15 is 0 Å². The average Bonchev–Trinajstić information content (AvgIpc) is 2.77. The molecule has 3 N–H and O–H groups in total. The molecule has 0 unspecified atom stereocenters. The van der Waals surface area contributed by atoms with Crippen molar-refractivity contribution in [3.05, 3.63) is 95.1 Å². The van der Waals surface area contributed by atoms with Crippen LogP contribution in [0.15, 0.2) is 72.8 Å². The van der Waals surface area contributed by atoms with Gasteiger partial charge in [-0.25, -0.2) is 0 Å². The van der Waals surface area contributed by atoms with Crippen LogP contribution in [0.5, 0.6) is 28.7 Å². The first-order valence-corrected chi connectivity index (χ1v) is 10.7. The zero-order chi connectivity index (χ0) is 23.7. The summed E-state index contributed by atoms with van der Waals surface area (Å²) in [6.45, 7) is 7.58. The molecule has 0 aliphatic rings. The molecule has 33 heavy (non-hydrogen) atoms. The number of phenols is 3. The van der Waals surface area contributed by atoms with E-state index in [9.17, 15) is 15.3 Å². The number of anilines is 3. The maximum Gasteiger partial charge on any atom is 0.172 e. The Morgan fingerprint density at radius 2 is 1.12 bits per heavy atom. The van der Waals surface area contributed by atoms with Gasteiger partial charge in [0.25, 0.3) is 0 Å². The number of benzene rings is 4. The van der Waals surface area contributed by atoms with E-state index in [2.05, 4.69) is 0 Å². The molecule has 4 rings (SSSR count). The van der Waals surface area contributed by atoms with E-state index < -0.39 is 0 Å². The van der Waals surface area contributed by atoms with E-state index in [1.807, 2.05) is 81.1 Å². The Kier molecular flexibility index (Phi) is 5.88. The van der Waals surface area contributed by atoms with Gasteiger partial charge < -0.3 is 25.0 Å². The van der Waals surface area contributed by atoms with Gasteiger partial charge in [-0.2, -0.15) is 0 Å². The monoisotopic (exact) mass is 441 g/mol. The Labute approximate surface area is 193 Å². The number of rotatable bonds is 5. The molecule has 5 nitrogen and oxygen atoms in total. The van der Waals surface area contributed by atoms with Crippen molar-refractivity contribution in [2.45, 2.75) is 27.7 Å². The molecular weight excluding hydrogens is 414 g/mol. The van der Waals surface area contributed by atoms with E-state index in [0.29, 0.717) is 11.5 Å². The lowest BCUT2D eigenvalue weighted by Crippen LogP contribution is -2.13. The van der Waals surface area contributed by atoms with Crippen molar-refractivity contribution in [2.24, 2.45) is 0 Å². The van der Waals surface area contributed by atoms with Gasteiger partial charge in [-0.15, -0.1) is 0 Å². The third-order valence-corrected chi connectivity index (χ3v) is 5.69. The summed E-state index contributed by atoms with van der Waals surface area (Å²) in [5.41, 5.74) is 5.74. The highest BCUT2D eigenvalue weighted by Crippen LogP contribution is 2.46. The Hall–Kier alpha value is -4.12. The molecule has 0 saturated carbocycles. The van der Waals surface area contributed by atoms with Crippen LogP contribution in [0, 0.1) is 27.7 Å². The Morgan fingerprint density at radius 3 is 1.70 bits per heavy atom. The van der Waals surface area contributed by atoms with Gasteiger partial charge in [-0.1, -0.05) is 24.3 Å². The lowest BCUT2D eigenvalue weighted by atomic mass is 10.1. The lowest BCUT2D eigenvalue weighted by molar-refractivity contribution is 0.407. The molecule has 4 aromatic carbocycles. The molecule has 0 aliphatic carbocycles. The van der Waals surface area contributed by atoms with Gasteiger partial charge in [-0.3, -0.25) is 0 Å². The molecule has 168 valence electrons. The highest BCUT2D eigenvalue weighted by atomic mass is 16.5. The van der Waals surface area contributed by atoms with Crippen LogP contribution in [0.4, 0.5) is 17.1 Å². The quantitative estimate of drug-likeness (QED) is 0.303. The first-order chi connectivity index (χ1) is 15.8. The minimum Gasteiger partial charge on any atom is -0.508 e. The van der Waals surface area contributed by atoms with E-state index in [4.69, 9.17) is 4.74 Å². The number of nitrogens with zero attached hydrogens (tertiary/aromatic N) is 1. The van der Waals surface area contributed by atoms with Crippen LogP contribution in [0.3, 0.4) is 0 Å². The second-order valence-electron chi connectivity index (χ2n) is 8.22. The van der Waals surface area contributed by atoms with Crippen molar-refractivity contribution in [1.29, 1.82) is 0 Å². The molecule has 4 aromatic rings. The second kappa shape index (κ2) is 8.79. The number of aryl methyl sites for hydroxylation is 4. The first kappa shape index (κ1) is 22.1. The number of hydrogen-bond donors (Lipinski definition) is 3. The molecule has 0 saturated heterocycles. The van der Waals surface area contributed by atoms with Crippen LogP contribution in [0.25, 0.3) is 0 Å². The lowest BCUT2D eigenvalue weighted by Gasteiger charge is -2.30. The van der Waals surface area contributed by atoms with Crippen LogP contribution < -0.4 is 9.64 Å². The first-order valence-electron chi connectivity index (χ1n) is 10.7. The number of hydrogen-bond acceptors (Lipinski definition) is 5. The summed E-state index contributed by atoms with van der Waals surface area (Å²) in [6.07, 6.45) is 0. The van der Waals surface area contributed by atoms with E-state index in [0.717, 1.165) is 39.3 Å². The molecule has 0 heterocycles. The fourth-order valence-corrected chi connectivity index (χ4v) is 3.91. The zero-order valence-electron chi connectivity index (χ0n) is 19.1. The fraction of sp³-hybridized carbons (Fsp3) is 0.143. The van der Waals surface area contributed by atoms with Crippen LogP contribution in [0.1, 0.15) is 22.3 Å². The highest BCUT2D eigenvalue weighted by Gasteiger charge is 2.22. The fourth-order valence-electron chi connectivity index (χ4n) is 3.91. The zero-order valence-corrected chi connectivity index (χ0v) is 19.1. The van der Waals surface area contributed by atoms with Gasteiger partial charge in [0.15, 0.2) is 17.2 Å². The van der Waals surface area contributed by atoms with Gasteiger partial charge in [0.2, 0.25) is 0 Å². The highest BCUT2D eigenvalue weighted by molar-refractivity contribution is 5.83. The molecule has 0 aliphatic heterocycles. The van der Waals surface area contributed by atoms with Crippen LogP contribution in [-0.2, 0) is 0 Å². The Bertz CT molecular complexity index is 1280. The predicted molar refractivity (Wildman–Crippen MR) is 132 cm³/mol. The summed E-state index contributed by atoms with van der Waals surface area (Å²) in [6, 6.07) is 21.8. The van der Waals surface area contributed by atoms with Gasteiger partial charge in [0, 0.05) is 11.4 Å². The molecule has 5 heteroatoms. The van der Waals surface area contributed by atoms with E-state index in [1.54, 1.807) is 24.3 Å².